The number of fused-ring (bicyclic) bond motifs is 4. The van der Waals surface area contributed by atoms with Crippen LogP contribution in [0.3, 0.4) is 0 Å². The molecule has 4 aromatic heterocycles. The van der Waals surface area contributed by atoms with Crippen molar-refractivity contribution in [3.8, 4) is 0 Å². The molecule has 2 aliphatic carbocycles. The van der Waals surface area contributed by atoms with Gasteiger partial charge in [-0.1, -0.05) is 62.1 Å². The third kappa shape index (κ3) is 9.13. The molecule has 6 atom stereocenters. The summed E-state index contributed by atoms with van der Waals surface area (Å²) in [6.45, 7) is 7.94. The van der Waals surface area contributed by atoms with Crippen LogP contribution in [0.1, 0.15) is 63.5 Å². The number of nitrogen functional groups attached to an aromatic ring is 1. The number of anilines is 2. The first-order chi connectivity index (χ1) is 29.6. The minimum absolute atomic E-state index is 0.0584. The zero-order chi connectivity index (χ0) is 44.3. The monoisotopic (exact) mass is 886 g/mol. The first-order valence-electron chi connectivity index (χ1n) is 20.4. The van der Waals surface area contributed by atoms with Crippen molar-refractivity contribution < 1.29 is 36.3 Å². The van der Waals surface area contributed by atoms with Crippen LogP contribution in [-0.4, -0.2) is 73.9 Å². The number of aliphatic hydroxyl groups excluding tert-OH is 1. The highest BCUT2D eigenvalue weighted by atomic mass is 32.2. The van der Waals surface area contributed by atoms with E-state index in [9.17, 15) is 31.5 Å². The van der Waals surface area contributed by atoms with Crippen molar-refractivity contribution in [1.29, 1.82) is 0 Å². The van der Waals surface area contributed by atoms with E-state index in [2.05, 4.69) is 43.1 Å². The molecule has 6 aromatic rings. The highest BCUT2D eigenvalue weighted by molar-refractivity contribution is 7.90. The molecule has 20 heteroatoms. The summed E-state index contributed by atoms with van der Waals surface area (Å²) < 4.78 is 58.4. The number of hydrazine groups is 2. The van der Waals surface area contributed by atoms with Gasteiger partial charge in [0.15, 0.2) is 22.9 Å². The molecule has 2 aromatic carbocycles. The molecule has 0 spiro atoms. The molecule has 3 aliphatic rings. The van der Waals surface area contributed by atoms with Crippen molar-refractivity contribution in [3.05, 3.63) is 96.6 Å². The molecule has 1 saturated heterocycles. The lowest BCUT2D eigenvalue weighted by Crippen LogP contribution is -2.36. The first-order valence-corrected chi connectivity index (χ1v) is 23.2. The lowest BCUT2D eigenvalue weighted by Gasteiger charge is -2.18. The molecule has 2 saturated carbocycles. The highest BCUT2D eigenvalue weighted by Gasteiger charge is 2.46. The third-order valence-corrected chi connectivity index (χ3v) is 15.0. The Bertz CT molecular complexity index is 2800. The Balaban J connectivity index is 0.000000159. The van der Waals surface area contributed by atoms with Crippen LogP contribution in [0.5, 0.6) is 0 Å². The molecule has 62 heavy (non-hydrogen) atoms. The van der Waals surface area contributed by atoms with Gasteiger partial charge in [0.1, 0.15) is 17.1 Å². The number of nitrogens with zero attached hydrogens (tertiary/aromatic N) is 6. The Morgan fingerprint density at radius 2 is 1.27 bits per heavy atom. The lowest BCUT2D eigenvalue weighted by molar-refractivity contribution is -0.150. The van der Waals surface area contributed by atoms with Gasteiger partial charge in [-0.3, -0.25) is 20.4 Å². The van der Waals surface area contributed by atoms with Crippen LogP contribution >= 0.6 is 0 Å². The number of aliphatic hydroxyl groups is 1. The van der Waals surface area contributed by atoms with E-state index in [1.807, 2.05) is 20.8 Å². The van der Waals surface area contributed by atoms with Gasteiger partial charge in [-0.25, -0.2) is 50.6 Å². The van der Waals surface area contributed by atoms with Gasteiger partial charge < -0.3 is 15.3 Å². The van der Waals surface area contributed by atoms with E-state index in [1.165, 1.54) is 24.8 Å². The summed E-state index contributed by atoms with van der Waals surface area (Å²) in [7, 11) is -7.50. The molecule has 6 unspecified atom stereocenters. The van der Waals surface area contributed by atoms with Crippen molar-refractivity contribution in [2.24, 2.45) is 29.5 Å². The Morgan fingerprint density at radius 1 is 0.758 bits per heavy atom. The van der Waals surface area contributed by atoms with E-state index in [1.54, 1.807) is 60.7 Å². The van der Waals surface area contributed by atoms with E-state index >= 15 is 0 Å². The smallest absolute Gasteiger partial charge is 0.309 e. The summed E-state index contributed by atoms with van der Waals surface area (Å²) in [6.07, 6.45) is 10.6. The van der Waals surface area contributed by atoms with Gasteiger partial charge in [-0.15, -0.1) is 0 Å². The number of ether oxygens (including phenoxy) is 1. The predicted octanol–water partition coefficient (Wildman–Crippen LogP) is 4.83. The third-order valence-electron chi connectivity index (χ3n) is 11.6. The zero-order valence-electron chi connectivity index (χ0n) is 34.7. The number of esters is 1. The Labute approximate surface area is 359 Å². The van der Waals surface area contributed by atoms with Crippen LogP contribution in [0.15, 0.2) is 95.2 Å². The van der Waals surface area contributed by atoms with Crippen molar-refractivity contribution in [2.45, 2.75) is 88.2 Å². The van der Waals surface area contributed by atoms with Crippen LogP contribution in [-0.2, 0) is 34.4 Å². The summed E-state index contributed by atoms with van der Waals surface area (Å²) in [4.78, 5) is 40.7. The molecule has 3 fully saturated rings. The maximum atomic E-state index is 13.0. The fourth-order valence-electron chi connectivity index (χ4n) is 8.19. The first kappa shape index (κ1) is 44.1. The number of nitrogens with one attached hydrogen (secondary N) is 3. The van der Waals surface area contributed by atoms with Crippen molar-refractivity contribution in [2.75, 3.05) is 10.9 Å². The molecule has 1 aliphatic heterocycles. The number of nitrogens with two attached hydrogens (primary N) is 1. The second-order valence-corrected chi connectivity index (χ2v) is 19.4. The van der Waals surface area contributed by atoms with Gasteiger partial charge in [0, 0.05) is 18.3 Å². The van der Waals surface area contributed by atoms with Gasteiger partial charge >= 0.3 is 5.97 Å². The number of benzene rings is 2. The molecule has 2 bridgehead atoms. The minimum atomic E-state index is -3.80. The average molecular weight is 887 g/mol. The summed E-state index contributed by atoms with van der Waals surface area (Å²) in [5, 5.41) is 9.84. The van der Waals surface area contributed by atoms with Gasteiger partial charge in [0.25, 0.3) is 20.0 Å². The number of amides is 1. The van der Waals surface area contributed by atoms with Crippen molar-refractivity contribution >= 4 is 65.9 Å². The molecule has 18 nitrogen and oxygen atoms in total. The Morgan fingerprint density at radius 3 is 1.74 bits per heavy atom. The number of rotatable bonds is 10. The largest absolute Gasteiger partial charge is 0.462 e. The van der Waals surface area contributed by atoms with Crippen molar-refractivity contribution in [3.63, 3.8) is 0 Å². The molecule has 1 amide bonds. The van der Waals surface area contributed by atoms with Crippen LogP contribution in [0.4, 0.5) is 11.6 Å². The van der Waals surface area contributed by atoms with Gasteiger partial charge in [-0.2, -0.15) is 0 Å². The van der Waals surface area contributed by atoms with Crippen LogP contribution in [0.25, 0.3) is 22.3 Å². The van der Waals surface area contributed by atoms with Crippen LogP contribution < -0.4 is 22.1 Å². The number of hydrogen-bond acceptors (Lipinski definition) is 15. The van der Waals surface area contributed by atoms with Crippen LogP contribution in [0.2, 0.25) is 0 Å². The van der Waals surface area contributed by atoms with E-state index < -0.39 is 26.2 Å². The molecule has 6 N–H and O–H groups in total. The zero-order valence-corrected chi connectivity index (χ0v) is 36.3. The molecule has 5 heterocycles. The summed E-state index contributed by atoms with van der Waals surface area (Å²) in [6, 6.07) is 16.4. The number of aryl methyl sites for hydroxylation is 2. The molecular formula is C42H50N10O8S2. The fourth-order valence-corrected chi connectivity index (χ4v) is 10.8. The summed E-state index contributed by atoms with van der Waals surface area (Å²) >= 11 is 0. The molecule has 328 valence electrons. The number of carbonyl (C=O) groups is 2. The Hall–Kier alpha value is -5.96. The van der Waals surface area contributed by atoms with E-state index in [0.29, 0.717) is 35.6 Å². The standard InChI is InChI=1S/C21H25N5O4S.C13H13N5O2S.C8H12O2/c1-3-14-10-15(27)11-17(14)21(28)25-24-19-12-22-20-18(23-19)8-9-26(20)31(29,30)16-6-4-13(2)5-7-16;1-9-2-4-10(5-3-9)21(19,20)18-7-6-11-13(18)15-8-12(16-11)17-14;1-2-5-3-6-4-7(5)8(9)10-6/h4-9,12,14-15,17,27H,3,10-11H2,1-2H3,(H,23,24)(H,25,28);2-8H,14H2,1H3,(H,16,17);5-7H,2-4H2,1H3. The fraction of sp³-hybridized carbons (Fsp3) is 0.381. The maximum Gasteiger partial charge on any atom is 0.309 e. The van der Waals surface area contributed by atoms with Crippen LogP contribution in [0, 0.1) is 37.5 Å². The normalized spacial score (nSPS) is 21.7. The minimum Gasteiger partial charge on any atom is -0.462 e. The number of carbonyl (C=O) groups excluding carboxylic acids is 2. The number of hydrogen-bond donors (Lipinski definition) is 5. The second-order valence-electron chi connectivity index (χ2n) is 15.8. The molecular weight excluding hydrogens is 837 g/mol. The van der Waals surface area contributed by atoms with Crippen molar-refractivity contribution in [1.82, 2.24) is 33.3 Å². The van der Waals surface area contributed by atoms with Gasteiger partial charge in [0.2, 0.25) is 5.91 Å². The highest BCUT2D eigenvalue weighted by Crippen LogP contribution is 2.42. The van der Waals surface area contributed by atoms with E-state index in [0.717, 1.165) is 44.8 Å². The lowest BCUT2D eigenvalue weighted by atomic mass is 9.93. The van der Waals surface area contributed by atoms with E-state index in [-0.39, 0.29) is 62.6 Å². The summed E-state index contributed by atoms with van der Waals surface area (Å²) in [5.74, 6) is 6.55. The number of aromatic nitrogens is 6. The predicted molar refractivity (Wildman–Crippen MR) is 231 cm³/mol. The Kier molecular flexibility index (Phi) is 12.9. The SMILES string of the molecule is CCC1CC(O)CC1C(=O)NNc1cnc2c(ccn2S(=O)(=O)c2ccc(C)cc2)n1.CCC1CC2CC1C(=O)O2.Cc1ccc(S(=O)(=O)n2ccc3nc(NN)cnc32)cc1. The molecule has 9 rings (SSSR count). The van der Waals surface area contributed by atoms with Gasteiger partial charge in [-0.05, 0) is 87.8 Å². The summed E-state index contributed by atoms with van der Waals surface area (Å²) in [5.41, 5.74) is 11.0. The average Bonchev–Trinajstić information content (AvgIpc) is 4.11. The molecule has 0 radical (unpaired) electrons. The van der Waals surface area contributed by atoms with Gasteiger partial charge in [0.05, 0.1) is 34.2 Å². The maximum absolute atomic E-state index is 13.0. The quantitative estimate of drug-likeness (QED) is 0.0702. The topological polar surface area (TPSA) is 255 Å². The van der Waals surface area contributed by atoms with E-state index in [4.69, 9.17) is 10.6 Å². The second kappa shape index (κ2) is 18.2.